The highest BCUT2D eigenvalue weighted by Crippen LogP contribution is 2.29. The van der Waals surface area contributed by atoms with Crippen molar-refractivity contribution >= 4 is 24.1 Å². The molecule has 1 unspecified atom stereocenters. The van der Waals surface area contributed by atoms with Gasteiger partial charge >= 0.3 is 5.97 Å². The monoisotopic (exact) mass is 243 g/mol. The molecule has 2 N–H and O–H groups in total. The molecule has 1 aromatic carbocycles. The molecule has 0 aliphatic carbocycles. The third-order valence-electron chi connectivity index (χ3n) is 2.29. The zero-order valence-electron chi connectivity index (χ0n) is 8.93. The molecule has 0 amide bonds. The van der Waals surface area contributed by atoms with Crippen molar-refractivity contribution in [1.29, 1.82) is 0 Å². The number of hydrogen-bond acceptors (Lipinski definition) is 4. The number of hydrogen-bond donors (Lipinski definition) is 1. The van der Waals surface area contributed by atoms with Gasteiger partial charge in [0.1, 0.15) is 5.75 Å². The van der Waals surface area contributed by atoms with Crippen LogP contribution in [0.25, 0.3) is 0 Å². The Morgan fingerprint density at radius 2 is 2.31 bits per heavy atom. The second-order valence-electron chi connectivity index (χ2n) is 3.56. The number of nitrogen functional groups attached to an aromatic ring is 1. The summed E-state index contributed by atoms with van der Waals surface area (Å²) in [6, 6.07) is 5.47. The van der Waals surface area contributed by atoms with E-state index in [9.17, 15) is 4.79 Å². The smallest absolute Gasteiger partial charge is 0.305 e. The molecule has 5 heteroatoms. The molecule has 1 aliphatic rings. The van der Waals surface area contributed by atoms with Crippen LogP contribution in [-0.4, -0.2) is 12.3 Å². The molecule has 88 valence electrons. The maximum Gasteiger partial charge on any atom is 0.305 e. The first-order valence-corrected chi connectivity index (χ1v) is 4.87. The number of fused-ring (bicyclic) bond motifs is 1. The largest absolute Gasteiger partial charge is 0.454 e. The molecule has 2 rings (SSSR count). The van der Waals surface area contributed by atoms with Crippen LogP contribution in [-0.2, 0) is 16.0 Å². The van der Waals surface area contributed by atoms with Crippen LogP contribution in [0.3, 0.4) is 0 Å². The predicted octanol–water partition coefficient (Wildman–Crippen LogP) is 1.90. The van der Waals surface area contributed by atoms with Crippen molar-refractivity contribution in [2.75, 3.05) is 5.73 Å². The molecule has 0 saturated heterocycles. The van der Waals surface area contributed by atoms with Crippen LogP contribution in [0.5, 0.6) is 5.75 Å². The van der Waals surface area contributed by atoms with E-state index < -0.39 is 6.29 Å². The van der Waals surface area contributed by atoms with E-state index in [2.05, 4.69) is 0 Å². The van der Waals surface area contributed by atoms with Crippen LogP contribution in [0.15, 0.2) is 18.2 Å². The Morgan fingerprint density at radius 3 is 3.00 bits per heavy atom. The van der Waals surface area contributed by atoms with Crippen molar-refractivity contribution < 1.29 is 14.3 Å². The first-order valence-electron chi connectivity index (χ1n) is 4.87. The number of benzene rings is 1. The van der Waals surface area contributed by atoms with E-state index in [-0.39, 0.29) is 18.4 Å². The Morgan fingerprint density at radius 1 is 1.56 bits per heavy atom. The fourth-order valence-electron chi connectivity index (χ4n) is 1.65. The minimum absolute atomic E-state index is 0. The Balaban J connectivity index is 0.00000128. The zero-order chi connectivity index (χ0) is 10.8. The highest BCUT2D eigenvalue weighted by molar-refractivity contribution is 5.85. The maximum absolute atomic E-state index is 10.8. The van der Waals surface area contributed by atoms with Crippen molar-refractivity contribution in [3.63, 3.8) is 0 Å². The van der Waals surface area contributed by atoms with Crippen molar-refractivity contribution in [1.82, 2.24) is 0 Å². The molecule has 1 aliphatic heterocycles. The molecule has 1 aromatic rings. The lowest BCUT2D eigenvalue weighted by molar-refractivity contribution is -0.162. The summed E-state index contributed by atoms with van der Waals surface area (Å²) in [7, 11) is 0. The Kier molecular flexibility index (Phi) is 4.01. The van der Waals surface area contributed by atoms with Gasteiger partial charge in [-0.1, -0.05) is 0 Å². The van der Waals surface area contributed by atoms with Gasteiger partial charge in [0, 0.05) is 19.0 Å². The van der Waals surface area contributed by atoms with Crippen LogP contribution in [0, 0.1) is 0 Å². The van der Waals surface area contributed by atoms with Gasteiger partial charge in [-0.3, -0.25) is 4.79 Å². The molecule has 0 fully saturated rings. The molecular weight excluding hydrogens is 230 g/mol. The summed E-state index contributed by atoms with van der Waals surface area (Å²) >= 11 is 0. The summed E-state index contributed by atoms with van der Waals surface area (Å²) in [5.41, 5.74) is 7.45. The van der Waals surface area contributed by atoms with Crippen LogP contribution < -0.4 is 10.5 Å². The summed E-state index contributed by atoms with van der Waals surface area (Å²) in [5.74, 6) is 0.431. The number of nitrogens with two attached hydrogens (primary N) is 1. The van der Waals surface area contributed by atoms with Crippen molar-refractivity contribution in [2.45, 2.75) is 26.1 Å². The number of carbonyl (C=O) groups is 1. The highest BCUT2D eigenvalue weighted by atomic mass is 35.5. The third-order valence-corrected chi connectivity index (χ3v) is 2.29. The number of anilines is 1. The van der Waals surface area contributed by atoms with E-state index in [1.165, 1.54) is 6.92 Å². The molecule has 0 aromatic heterocycles. The molecule has 16 heavy (non-hydrogen) atoms. The predicted molar refractivity (Wildman–Crippen MR) is 62.6 cm³/mol. The quantitative estimate of drug-likeness (QED) is 0.605. The first-order chi connectivity index (χ1) is 7.15. The van der Waals surface area contributed by atoms with E-state index >= 15 is 0 Å². The second kappa shape index (κ2) is 5.07. The van der Waals surface area contributed by atoms with Crippen LogP contribution in [0.2, 0.25) is 0 Å². The minimum Gasteiger partial charge on any atom is -0.454 e. The molecule has 0 spiro atoms. The van der Waals surface area contributed by atoms with Gasteiger partial charge in [0.2, 0.25) is 6.29 Å². The summed E-state index contributed by atoms with van der Waals surface area (Å²) in [6.07, 6.45) is 1.03. The fraction of sp³-hybridized carbons (Fsp3) is 0.364. The van der Waals surface area contributed by atoms with E-state index in [4.69, 9.17) is 15.2 Å². The molecule has 4 nitrogen and oxygen atoms in total. The summed E-state index contributed by atoms with van der Waals surface area (Å²) in [6.45, 7) is 1.38. The normalized spacial score (nSPS) is 17.7. The number of aryl methyl sites for hydroxylation is 1. The lowest BCUT2D eigenvalue weighted by atomic mass is 10.1. The van der Waals surface area contributed by atoms with Gasteiger partial charge in [-0.2, -0.15) is 0 Å². The van der Waals surface area contributed by atoms with E-state index in [0.29, 0.717) is 6.42 Å². The molecule has 1 heterocycles. The van der Waals surface area contributed by atoms with Gasteiger partial charge in [0.25, 0.3) is 0 Å². The van der Waals surface area contributed by atoms with E-state index in [1.54, 1.807) is 12.1 Å². The third kappa shape index (κ3) is 2.79. The van der Waals surface area contributed by atoms with Crippen molar-refractivity contribution in [3.05, 3.63) is 23.8 Å². The van der Waals surface area contributed by atoms with Gasteiger partial charge in [-0.15, -0.1) is 12.4 Å². The molecule has 0 bridgehead atoms. The summed E-state index contributed by atoms with van der Waals surface area (Å²) in [4.78, 5) is 10.8. The Hall–Kier alpha value is -1.42. The molecule has 0 saturated carbocycles. The molecular formula is C11H14ClNO3. The van der Waals surface area contributed by atoms with Gasteiger partial charge in [-0.25, -0.2) is 0 Å². The van der Waals surface area contributed by atoms with Gasteiger partial charge in [0.15, 0.2) is 0 Å². The number of halogens is 1. The maximum atomic E-state index is 10.8. The standard InChI is InChI=1S/C11H13NO3.ClH/c1-7(13)14-11-5-2-8-6-9(12)3-4-10(8)15-11;/h3-4,6,11H,2,5,12H2,1H3;1H. The van der Waals surface area contributed by atoms with E-state index in [0.717, 1.165) is 23.4 Å². The molecule has 1 atom stereocenters. The Labute approximate surface area is 100 Å². The van der Waals surface area contributed by atoms with Crippen LogP contribution in [0.4, 0.5) is 5.69 Å². The first kappa shape index (κ1) is 12.6. The summed E-state index contributed by atoms with van der Waals surface area (Å²) in [5, 5.41) is 0. The van der Waals surface area contributed by atoms with Gasteiger partial charge < -0.3 is 15.2 Å². The number of ether oxygens (including phenoxy) is 2. The highest BCUT2D eigenvalue weighted by Gasteiger charge is 2.21. The van der Waals surface area contributed by atoms with Crippen LogP contribution >= 0.6 is 12.4 Å². The number of rotatable bonds is 1. The van der Waals surface area contributed by atoms with Gasteiger partial charge in [0.05, 0.1) is 0 Å². The second-order valence-corrected chi connectivity index (χ2v) is 3.56. The lowest BCUT2D eigenvalue weighted by Gasteiger charge is -2.25. The summed E-state index contributed by atoms with van der Waals surface area (Å²) < 4.78 is 10.5. The van der Waals surface area contributed by atoms with Crippen molar-refractivity contribution in [2.24, 2.45) is 0 Å². The van der Waals surface area contributed by atoms with Crippen LogP contribution in [0.1, 0.15) is 18.9 Å². The molecule has 0 radical (unpaired) electrons. The topological polar surface area (TPSA) is 61.5 Å². The number of esters is 1. The lowest BCUT2D eigenvalue weighted by Crippen LogP contribution is -2.27. The zero-order valence-corrected chi connectivity index (χ0v) is 9.75. The average Bonchev–Trinajstić information content (AvgIpc) is 2.17. The van der Waals surface area contributed by atoms with Crippen molar-refractivity contribution in [3.8, 4) is 5.75 Å². The van der Waals surface area contributed by atoms with E-state index in [1.807, 2.05) is 6.07 Å². The average molecular weight is 244 g/mol. The minimum atomic E-state index is -0.460. The number of carbonyl (C=O) groups excluding carboxylic acids is 1. The van der Waals surface area contributed by atoms with Gasteiger partial charge in [-0.05, 0) is 30.2 Å². The Bertz CT molecular complexity index is 395. The fourth-order valence-corrected chi connectivity index (χ4v) is 1.65. The SMILES string of the molecule is CC(=O)OC1CCc2cc(N)ccc2O1.Cl.